The number of hydrogen-bond donors (Lipinski definition) is 1. The molecular formula is C36H52N6O2. The van der Waals surface area contributed by atoms with Gasteiger partial charge in [-0.25, -0.2) is 4.98 Å². The number of unbranched alkanes of at least 4 members (excludes halogenated alkanes) is 3. The number of amides is 1. The highest BCUT2D eigenvalue weighted by atomic mass is 16.5. The van der Waals surface area contributed by atoms with E-state index in [0.29, 0.717) is 12.0 Å². The largest absolute Gasteiger partial charge is 0.482 e. The molecule has 5 rings (SSSR count). The number of likely N-dealkylation sites (tertiary alicyclic amines) is 2. The van der Waals surface area contributed by atoms with Gasteiger partial charge in [-0.15, -0.1) is 0 Å². The number of nitrogens with zero attached hydrogens (tertiary/aromatic N) is 5. The van der Waals surface area contributed by atoms with Crippen molar-refractivity contribution in [1.29, 1.82) is 0 Å². The SMILES string of the molecule is CC#CC(=O)N1CCC(N2CCC(c3cc4c(c(C)n3)OC(C)c3c(N(CCC)CCCCCC)ccnc3N4)CC2)CC1. The van der Waals surface area contributed by atoms with Crippen LogP contribution in [0.2, 0.25) is 0 Å². The van der Waals surface area contributed by atoms with Crippen molar-refractivity contribution < 1.29 is 9.53 Å². The van der Waals surface area contributed by atoms with Gasteiger partial charge in [-0.1, -0.05) is 39.0 Å². The van der Waals surface area contributed by atoms with Gasteiger partial charge >= 0.3 is 0 Å². The maximum atomic E-state index is 12.2. The van der Waals surface area contributed by atoms with E-state index in [1.807, 2.05) is 11.1 Å². The van der Waals surface area contributed by atoms with Gasteiger partial charge in [0.2, 0.25) is 0 Å². The minimum atomic E-state index is -0.136. The Labute approximate surface area is 265 Å². The van der Waals surface area contributed by atoms with Crippen LogP contribution in [0.5, 0.6) is 5.75 Å². The lowest BCUT2D eigenvalue weighted by molar-refractivity contribution is -0.126. The number of carbonyl (C=O) groups is 1. The third-order valence-corrected chi connectivity index (χ3v) is 9.65. The predicted molar refractivity (Wildman–Crippen MR) is 179 cm³/mol. The Hall–Kier alpha value is -3.31. The van der Waals surface area contributed by atoms with Crippen molar-refractivity contribution in [3.8, 4) is 17.6 Å². The summed E-state index contributed by atoms with van der Waals surface area (Å²) in [6, 6.07) is 4.92. The number of aromatic nitrogens is 2. The van der Waals surface area contributed by atoms with Crippen molar-refractivity contribution >= 4 is 23.1 Å². The van der Waals surface area contributed by atoms with Gasteiger partial charge in [0.15, 0.2) is 5.75 Å². The van der Waals surface area contributed by atoms with Crippen LogP contribution in [0.4, 0.5) is 17.2 Å². The molecule has 0 aliphatic carbocycles. The fourth-order valence-electron chi connectivity index (χ4n) is 7.27. The molecule has 0 aromatic carbocycles. The fraction of sp³-hybridized carbons (Fsp3) is 0.639. The van der Waals surface area contributed by atoms with Crippen molar-refractivity contribution in [3.05, 3.63) is 35.3 Å². The number of hydrogen-bond acceptors (Lipinski definition) is 7. The lowest BCUT2D eigenvalue weighted by Crippen LogP contribution is -2.48. The molecule has 5 heterocycles. The molecule has 1 unspecified atom stereocenters. The summed E-state index contributed by atoms with van der Waals surface area (Å²) in [5, 5.41) is 3.70. The molecule has 1 atom stereocenters. The van der Waals surface area contributed by atoms with E-state index in [-0.39, 0.29) is 12.0 Å². The number of aryl methyl sites for hydroxylation is 1. The molecule has 0 radical (unpaired) electrons. The first-order valence-corrected chi connectivity index (χ1v) is 17.1. The molecule has 2 saturated heterocycles. The zero-order chi connectivity index (χ0) is 31.1. The van der Waals surface area contributed by atoms with Gasteiger partial charge in [0.05, 0.1) is 16.9 Å². The highest BCUT2D eigenvalue weighted by molar-refractivity contribution is 5.93. The highest BCUT2D eigenvalue weighted by Crippen LogP contribution is 2.44. The van der Waals surface area contributed by atoms with E-state index in [1.165, 1.54) is 31.4 Å². The molecule has 1 N–H and O–H groups in total. The first-order chi connectivity index (χ1) is 21.4. The molecule has 8 nitrogen and oxygen atoms in total. The van der Waals surface area contributed by atoms with Crippen molar-refractivity contribution in [1.82, 2.24) is 19.8 Å². The van der Waals surface area contributed by atoms with E-state index in [0.717, 1.165) is 106 Å². The van der Waals surface area contributed by atoms with Crippen LogP contribution in [-0.2, 0) is 4.79 Å². The average molecular weight is 601 g/mol. The van der Waals surface area contributed by atoms with Gasteiger partial charge in [-0.3, -0.25) is 9.78 Å². The minimum Gasteiger partial charge on any atom is -0.482 e. The van der Waals surface area contributed by atoms with Crippen molar-refractivity contribution in [2.45, 2.75) is 110 Å². The Kier molecular flexibility index (Phi) is 11.0. The van der Waals surface area contributed by atoms with E-state index in [2.05, 4.69) is 66.8 Å². The maximum absolute atomic E-state index is 12.2. The van der Waals surface area contributed by atoms with Gasteiger partial charge in [-0.05, 0) is 90.4 Å². The highest BCUT2D eigenvalue weighted by Gasteiger charge is 2.32. The van der Waals surface area contributed by atoms with Gasteiger partial charge in [-0.2, -0.15) is 0 Å². The Bertz CT molecular complexity index is 1330. The third kappa shape index (κ3) is 7.31. The summed E-state index contributed by atoms with van der Waals surface area (Å²) in [6.07, 6.45) is 12.1. The number of ether oxygens (including phenoxy) is 1. The van der Waals surface area contributed by atoms with E-state index in [1.54, 1.807) is 6.92 Å². The van der Waals surface area contributed by atoms with Crippen LogP contribution in [0.3, 0.4) is 0 Å². The summed E-state index contributed by atoms with van der Waals surface area (Å²) in [7, 11) is 0. The Balaban J connectivity index is 1.28. The maximum Gasteiger partial charge on any atom is 0.298 e. The normalized spacial score (nSPS) is 19.1. The summed E-state index contributed by atoms with van der Waals surface area (Å²) < 4.78 is 6.67. The molecular weight excluding hydrogens is 548 g/mol. The lowest BCUT2D eigenvalue weighted by Gasteiger charge is -2.41. The van der Waals surface area contributed by atoms with Crippen LogP contribution in [0.1, 0.15) is 114 Å². The van der Waals surface area contributed by atoms with Crippen LogP contribution < -0.4 is 15.0 Å². The standard InChI is InChI=1S/C36H52N6O2/c1-6-9-10-11-20-41(19-8-3)32-13-18-37-36-34(32)27(5)44-35-26(4)38-30(25-31(35)39-36)28-14-21-40(22-15-28)29-16-23-42(24-17-29)33(43)12-7-2/h13,18,25,27-29H,6,8-11,14-17,19-24H2,1-5H3,(H,37,39). The molecule has 2 aromatic rings. The van der Waals surface area contributed by atoms with Crippen LogP contribution in [-0.4, -0.2) is 71.0 Å². The average Bonchev–Trinajstić information content (AvgIpc) is 3.19. The first kappa shape index (κ1) is 32.1. The van der Waals surface area contributed by atoms with Crippen molar-refractivity contribution in [2.75, 3.05) is 49.5 Å². The first-order valence-electron chi connectivity index (χ1n) is 17.1. The molecule has 44 heavy (non-hydrogen) atoms. The number of anilines is 3. The van der Waals surface area contributed by atoms with Gasteiger partial charge in [0, 0.05) is 55.7 Å². The molecule has 1 amide bonds. The van der Waals surface area contributed by atoms with Crippen LogP contribution in [0, 0.1) is 18.8 Å². The third-order valence-electron chi connectivity index (χ3n) is 9.65. The molecule has 3 aliphatic heterocycles. The van der Waals surface area contributed by atoms with Crippen molar-refractivity contribution in [3.63, 3.8) is 0 Å². The van der Waals surface area contributed by atoms with Gasteiger partial charge < -0.3 is 24.8 Å². The summed E-state index contributed by atoms with van der Waals surface area (Å²) >= 11 is 0. The van der Waals surface area contributed by atoms with E-state index < -0.39 is 0 Å². The summed E-state index contributed by atoms with van der Waals surface area (Å²) in [5.41, 5.74) is 5.42. The number of fused-ring (bicyclic) bond motifs is 2. The Morgan fingerprint density at radius 2 is 1.84 bits per heavy atom. The predicted octanol–water partition coefficient (Wildman–Crippen LogP) is 6.97. The molecule has 0 saturated carbocycles. The monoisotopic (exact) mass is 600 g/mol. The second-order valence-corrected chi connectivity index (χ2v) is 12.7. The molecule has 2 aromatic heterocycles. The zero-order valence-electron chi connectivity index (χ0n) is 27.6. The molecule has 2 fully saturated rings. The summed E-state index contributed by atoms with van der Waals surface area (Å²) in [4.78, 5) is 29.2. The molecule has 0 bridgehead atoms. The number of piperidine rings is 2. The number of nitrogens with one attached hydrogen (secondary N) is 1. The van der Waals surface area contributed by atoms with Gasteiger partial charge in [0.1, 0.15) is 11.9 Å². The van der Waals surface area contributed by atoms with Crippen LogP contribution >= 0.6 is 0 Å². The minimum absolute atomic E-state index is 0.0314. The van der Waals surface area contributed by atoms with Gasteiger partial charge in [0.25, 0.3) is 5.91 Å². The quantitative estimate of drug-likeness (QED) is 0.233. The van der Waals surface area contributed by atoms with E-state index >= 15 is 0 Å². The number of pyridine rings is 2. The topological polar surface area (TPSA) is 73.8 Å². The number of rotatable bonds is 10. The summed E-state index contributed by atoms with van der Waals surface area (Å²) in [6.45, 7) is 16.3. The second-order valence-electron chi connectivity index (χ2n) is 12.7. The lowest BCUT2D eigenvalue weighted by atomic mass is 9.90. The summed E-state index contributed by atoms with van der Waals surface area (Å²) in [5.74, 6) is 7.55. The van der Waals surface area contributed by atoms with E-state index in [4.69, 9.17) is 14.7 Å². The smallest absolute Gasteiger partial charge is 0.298 e. The number of carbonyl (C=O) groups excluding carboxylic acids is 1. The fourth-order valence-corrected chi connectivity index (χ4v) is 7.27. The second kappa shape index (κ2) is 15.1. The molecule has 0 spiro atoms. The van der Waals surface area contributed by atoms with Crippen molar-refractivity contribution in [2.24, 2.45) is 0 Å². The molecule has 238 valence electrons. The van der Waals surface area contributed by atoms with E-state index in [9.17, 15) is 4.79 Å². The van der Waals surface area contributed by atoms with Crippen LogP contribution in [0.25, 0.3) is 0 Å². The zero-order valence-corrected chi connectivity index (χ0v) is 27.6. The molecule has 3 aliphatic rings. The van der Waals surface area contributed by atoms with Crippen LogP contribution in [0.15, 0.2) is 18.3 Å². The Morgan fingerprint density at radius 3 is 2.55 bits per heavy atom. The molecule has 8 heteroatoms. The Morgan fingerprint density at radius 1 is 1.07 bits per heavy atom.